The van der Waals surface area contributed by atoms with E-state index in [1.807, 2.05) is 47.8 Å². The predicted molar refractivity (Wildman–Crippen MR) is 135 cm³/mol. The highest BCUT2D eigenvalue weighted by molar-refractivity contribution is 9.10. The molecule has 0 radical (unpaired) electrons. The number of carbonyl (C=O) groups is 2. The van der Waals surface area contributed by atoms with Gasteiger partial charge in [0, 0.05) is 15.4 Å². The molecule has 0 saturated carbocycles. The molecule has 174 valence electrons. The maximum Gasteiger partial charge on any atom is 0.341 e. The van der Waals surface area contributed by atoms with Crippen LogP contribution in [0.4, 0.5) is 5.00 Å². The summed E-state index contributed by atoms with van der Waals surface area (Å²) in [6.45, 7) is 5.92. The lowest BCUT2D eigenvalue weighted by atomic mass is 10.0. The number of ether oxygens (including phenoxy) is 3. The van der Waals surface area contributed by atoms with Gasteiger partial charge in [-0.1, -0.05) is 41.9 Å². The lowest BCUT2D eigenvalue weighted by molar-refractivity contribution is -0.118. The van der Waals surface area contributed by atoms with E-state index in [1.165, 1.54) is 11.3 Å². The van der Waals surface area contributed by atoms with Crippen LogP contribution in [0.1, 0.15) is 42.6 Å². The third kappa shape index (κ3) is 6.15. The first-order valence-electron chi connectivity index (χ1n) is 10.5. The molecule has 1 amide bonds. The van der Waals surface area contributed by atoms with Crippen LogP contribution in [-0.4, -0.2) is 32.2 Å². The second kappa shape index (κ2) is 11.3. The molecule has 1 aromatic heterocycles. The number of rotatable bonds is 9. The first-order valence-corrected chi connectivity index (χ1v) is 12.2. The van der Waals surface area contributed by atoms with Crippen LogP contribution < -0.4 is 14.8 Å². The molecule has 2 aromatic carbocycles. The molecule has 0 spiro atoms. The molecule has 8 heteroatoms. The molecular formula is C25H26BrNO5S. The summed E-state index contributed by atoms with van der Waals surface area (Å²) < 4.78 is 17.2. The Labute approximate surface area is 206 Å². The molecule has 0 fully saturated rings. The van der Waals surface area contributed by atoms with Gasteiger partial charge in [0.2, 0.25) is 0 Å². The van der Waals surface area contributed by atoms with Gasteiger partial charge in [0.05, 0.1) is 13.7 Å². The van der Waals surface area contributed by atoms with Crippen LogP contribution in [0.25, 0.3) is 11.1 Å². The van der Waals surface area contributed by atoms with Gasteiger partial charge in [-0.15, -0.1) is 11.3 Å². The van der Waals surface area contributed by atoms with E-state index >= 15 is 0 Å². The van der Waals surface area contributed by atoms with E-state index in [2.05, 4.69) is 35.1 Å². The maximum atomic E-state index is 12.7. The first kappa shape index (κ1) is 24.8. The molecule has 0 unspecified atom stereocenters. The topological polar surface area (TPSA) is 73.9 Å². The third-order valence-electron chi connectivity index (χ3n) is 4.88. The minimum Gasteiger partial charge on any atom is -0.497 e. The standard InChI is InChI=1S/C25H26BrNO5S/c1-5-31-25(29)23-20(16-6-9-18(30-4)10-7-16)14-33-24(23)27-22(28)13-32-21-11-8-17(26)12-19(21)15(2)3/h6-12,14-15H,5,13H2,1-4H3,(H,27,28). The van der Waals surface area contributed by atoms with E-state index in [0.717, 1.165) is 15.6 Å². The number of halogens is 1. The minimum absolute atomic E-state index is 0.181. The fourth-order valence-corrected chi connectivity index (χ4v) is 4.60. The highest BCUT2D eigenvalue weighted by atomic mass is 79.9. The summed E-state index contributed by atoms with van der Waals surface area (Å²) in [5.41, 5.74) is 2.84. The van der Waals surface area contributed by atoms with Crippen LogP contribution in [0.15, 0.2) is 52.3 Å². The highest BCUT2D eigenvalue weighted by Gasteiger charge is 2.23. The van der Waals surface area contributed by atoms with E-state index in [1.54, 1.807) is 14.0 Å². The van der Waals surface area contributed by atoms with Crippen molar-refractivity contribution >= 4 is 44.1 Å². The van der Waals surface area contributed by atoms with Gasteiger partial charge in [-0.3, -0.25) is 4.79 Å². The van der Waals surface area contributed by atoms with Gasteiger partial charge < -0.3 is 19.5 Å². The summed E-state index contributed by atoms with van der Waals surface area (Å²) in [6.07, 6.45) is 0. The Morgan fingerprint density at radius 3 is 2.48 bits per heavy atom. The average molecular weight is 532 g/mol. The Kier molecular flexibility index (Phi) is 8.52. The summed E-state index contributed by atoms with van der Waals surface area (Å²) in [5, 5.41) is 5.07. The molecule has 6 nitrogen and oxygen atoms in total. The lowest BCUT2D eigenvalue weighted by Crippen LogP contribution is -2.21. The van der Waals surface area contributed by atoms with E-state index in [4.69, 9.17) is 14.2 Å². The Morgan fingerprint density at radius 1 is 1.12 bits per heavy atom. The number of esters is 1. The Bertz CT molecular complexity index is 1120. The number of anilines is 1. The van der Waals surface area contributed by atoms with Crippen molar-refractivity contribution in [1.29, 1.82) is 0 Å². The number of amides is 1. The van der Waals surface area contributed by atoms with Crippen molar-refractivity contribution in [3.8, 4) is 22.6 Å². The van der Waals surface area contributed by atoms with Crippen LogP contribution >= 0.6 is 27.3 Å². The zero-order valence-corrected chi connectivity index (χ0v) is 21.3. The first-order chi connectivity index (χ1) is 15.8. The van der Waals surface area contributed by atoms with Crippen molar-refractivity contribution in [2.75, 3.05) is 25.6 Å². The molecule has 33 heavy (non-hydrogen) atoms. The fraction of sp³-hybridized carbons (Fsp3) is 0.280. The summed E-state index contributed by atoms with van der Waals surface area (Å²) in [7, 11) is 1.59. The summed E-state index contributed by atoms with van der Waals surface area (Å²) in [6, 6.07) is 13.1. The van der Waals surface area contributed by atoms with Crippen molar-refractivity contribution in [3.05, 3.63) is 63.4 Å². The minimum atomic E-state index is -0.490. The quantitative estimate of drug-likeness (QED) is 0.319. The molecule has 3 rings (SSSR count). The number of thiophene rings is 1. The van der Waals surface area contributed by atoms with Gasteiger partial charge in [-0.2, -0.15) is 0 Å². The number of benzene rings is 2. The molecule has 0 saturated heterocycles. The number of methoxy groups -OCH3 is 1. The Morgan fingerprint density at radius 2 is 1.85 bits per heavy atom. The maximum absolute atomic E-state index is 12.7. The number of hydrogen-bond acceptors (Lipinski definition) is 6. The molecule has 0 atom stereocenters. The molecular weight excluding hydrogens is 506 g/mol. The monoisotopic (exact) mass is 531 g/mol. The van der Waals surface area contributed by atoms with Gasteiger partial charge in [-0.05, 0) is 54.3 Å². The van der Waals surface area contributed by atoms with Crippen molar-refractivity contribution in [2.45, 2.75) is 26.7 Å². The van der Waals surface area contributed by atoms with Crippen molar-refractivity contribution in [1.82, 2.24) is 0 Å². The molecule has 1 N–H and O–H groups in total. The smallest absolute Gasteiger partial charge is 0.341 e. The molecule has 0 aliphatic heterocycles. The zero-order valence-electron chi connectivity index (χ0n) is 18.9. The van der Waals surface area contributed by atoms with Gasteiger partial charge in [0.15, 0.2) is 6.61 Å². The van der Waals surface area contributed by atoms with Crippen molar-refractivity contribution < 1.29 is 23.8 Å². The second-order valence-electron chi connectivity index (χ2n) is 7.48. The Hall–Kier alpha value is -2.84. The van der Waals surface area contributed by atoms with E-state index in [-0.39, 0.29) is 25.0 Å². The fourth-order valence-electron chi connectivity index (χ4n) is 3.25. The number of hydrogen-bond donors (Lipinski definition) is 1. The van der Waals surface area contributed by atoms with Gasteiger partial charge in [0.25, 0.3) is 5.91 Å². The van der Waals surface area contributed by atoms with Crippen LogP contribution in [0.3, 0.4) is 0 Å². The number of carbonyl (C=O) groups excluding carboxylic acids is 2. The molecule has 0 bridgehead atoms. The molecule has 0 aliphatic carbocycles. The average Bonchev–Trinajstić information content (AvgIpc) is 3.21. The van der Waals surface area contributed by atoms with Crippen LogP contribution in [-0.2, 0) is 9.53 Å². The SMILES string of the molecule is CCOC(=O)c1c(-c2ccc(OC)cc2)csc1NC(=O)COc1ccc(Br)cc1C(C)C. The van der Waals surface area contributed by atoms with Crippen molar-refractivity contribution in [3.63, 3.8) is 0 Å². The summed E-state index contributed by atoms with van der Waals surface area (Å²) in [5.74, 6) is 0.752. The summed E-state index contributed by atoms with van der Waals surface area (Å²) >= 11 is 4.74. The normalized spacial score (nSPS) is 10.7. The summed E-state index contributed by atoms with van der Waals surface area (Å²) in [4.78, 5) is 25.4. The van der Waals surface area contributed by atoms with Crippen LogP contribution in [0, 0.1) is 0 Å². The highest BCUT2D eigenvalue weighted by Crippen LogP contribution is 2.37. The van der Waals surface area contributed by atoms with E-state index < -0.39 is 5.97 Å². The predicted octanol–water partition coefficient (Wildman–Crippen LogP) is 6.50. The van der Waals surface area contributed by atoms with Crippen LogP contribution in [0.2, 0.25) is 0 Å². The van der Waals surface area contributed by atoms with E-state index in [9.17, 15) is 9.59 Å². The van der Waals surface area contributed by atoms with E-state index in [0.29, 0.717) is 27.6 Å². The molecule has 0 aliphatic rings. The van der Waals surface area contributed by atoms with Crippen molar-refractivity contribution in [2.24, 2.45) is 0 Å². The van der Waals surface area contributed by atoms with Gasteiger partial charge >= 0.3 is 5.97 Å². The number of nitrogens with one attached hydrogen (secondary N) is 1. The van der Waals surface area contributed by atoms with Crippen LogP contribution in [0.5, 0.6) is 11.5 Å². The largest absolute Gasteiger partial charge is 0.497 e. The molecule has 1 heterocycles. The van der Waals surface area contributed by atoms with Gasteiger partial charge in [-0.25, -0.2) is 4.79 Å². The molecule has 3 aromatic rings. The lowest BCUT2D eigenvalue weighted by Gasteiger charge is -2.14. The second-order valence-corrected chi connectivity index (χ2v) is 9.27. The zero-order chi connectivity index (χ0) is 24.0. The third-order valence-corrected chi connectivity index (χ3v) is 6.27. The van der Waals surface area contributed by atoms with Gasteiger partial charge in [0.1, 0.15) is 22.1 Å². The Balaban J connectivity index is 1.80.